The molecule has 2 aliphatic rings. The van der Waals surface area contributed by atoms with Crippen LogP contribution < -0.4 is 0 Å². The van der Waals surface area contributed by atoms with Crippen LogP contribution in [0.25, 0.3) is 0 Å². The molecule has 19 heavy (non-hydrogen) atoms. The molecule has 4 heteroatoms. The van der Waals surface area contributed by atoms with Crippen molar-refractivity contribution in [3.05, 3.63) is 40.7 Å². The van der Waals surface area contributed by atoms with Crippen molar-refractivity contribution >= 4 is 11.6 Å². The molecule has 98 valence electrons. The van der Waals surface area contributed by atoms with Crippen LogP contribution in [-0.4, -0.2) is 22.3 Å². The SMILES string of the molecule is CC1(C)CCC2=C(O1)C(=O)c1cccc(O)c1C2=O. The average Bonchev–Trinajstić information content (AvgIpc) is 2.34. The van der Waals surface area contributed by atoms with Crippen molar-refractivity contribution in [1.29, 1.82) is 0 Å². The van der Waals surface area contributed by atoms with E-state index in [-0.39, 0.29) is 34.2 Å². The molecule has 1 aliphatic carbocycles. The van der Waals surface area contributed by atoms with Gasteiger partial charge >= 0.3 is 0 Å². The Morgan fingerprint density at radius 2 is 1.95 bits per heavy atom. The predicted molar refractivity (Wildman–Crippen MR) is 68.2 cm³/mol. The number of hydrogen-bond acceptors (Lipinski definition) is 4. The van der Waals surface area contributed by atoms with Gasteiger partial charge in [-0.1, -0.05) is 6.07 Å². The molecule has 0 atom stereocenters. The van der Waals surface area contributed by atoms with Crippen LogP contribution in [0.2, 0.25) is 0 Å². The third-order valence-electron chi connectivity index (χ3n) is 3.62. The summed E-state index contributed by atoms with van der Waals surface area (Å²) in [5.74, 6) is -0.599. The van der Waals surface area contributed by atoms with Crippen molar-refractivity contribution in [3.8, 4) is 5.75 Å². The molecule has 0 bridgehead atoms. The third kappa shape index (κ3) is 1.67. The molecule has 1 N–H and O–H groups in total. The molecule has 1 aliphatic heterocycles. The first-order valence-corrected chi connectivity index (χ1v) is 6.24. The highest BCUT2D eigenvalue weighted by Gasteiger charge is 2.41. The zero-order valence-corrected chi connectivity index (χ0v) is 10.8. The van der Waals surface area contributed by atoms with Gasteiger partial charge in [-0.25, -0.2) is 0 Å². The minimum absolute atomic E-state index is 0.106. The second-order valence-corrected chi connectivity index (χ2v) is 5.53. The minimum Gasteiger partial charge on any atom is -0.507 e. The lowest BCUT2D eigenvalue weighted by Gasteiger charge is -2.35. The van der Waals surface area contributed by atoms with Gasteiger partial charge in [0.25, 0.3) is 0 Å². The molecular formula is C15H14O4. The second kappa shape index (κ2) is 3.70. The van der Waals surface area contributed by atoms with Gasteiger partial charge in [0.1, 0.15) is 11.4 Å². The van der Waals surface area contributed by atoms with Crippen LogP contribution in [0.15, 0.2) is 29.5 Å². The molecule has 1 aromatic rings. The number of carbonyl (C=O) groups excluding carboxylic acids is 2. The molecule has 0 amide bonds. The summed E-state index contributed by atoms with van der Waals surface area (Å²) in [6.45, 7) is 3.79. The van der Waals surface area contributed by atoms with Gasteiger partial charge in [-0.3, -0.25) is 9.59 Å². The topological polar surface area (TPSA) is 63.6 Å². The molecule has 0 saturated heterocycles. The summed E-state index contributed by atoms with van der Waals surface area (Å²) in [5, 5.41) is 9.80. The number of carbonyl (C=O) groups is 2. The van der Waals surface area contributed by atoms with E-state index >= 15 is 0 Å². The van der Waals surface area contributed by atoms with Crippen molar-refractivity contribution in [2.24, 2.45) is 0 Å². The number of ketones is 2. The number of fused-ring (bicyclic) bond motifs is 1. The largest absolute Gasteiger partial charge is 0.507 e. The fourth-order valence-electron chi connectivity index (χ4n) is 2.57. The fourth-order valence-corrected chi connectivity index (χ4v) is 2.57. The Labute approximate surface area is 110 Å². The average molecular weight is 258 g/mol. The predicted octanol–water partition coefficient (Wildman–Crippen LogP) is 2.61. The van der Waals surface area contributed by atoms with E-state index in [1.54, 1.807) is 12.1 Å². The number of phenols is 1. The number of benzene rings is 1. The maximum Gasteiger partial charge on any atom is 0.228 e. The number of ether oxygens (including phenoxy) is 1. The zero-order valence-electron chi connectivity index (χ0n) is 10.8. The summed E-state index contributed by atoms with van der Waals surface area (Å²) in [5.41, 5.74) is 0.276. The van der Waals surface area contributed by atoms with Gasteiger partial charge in [-0.2, -0.15) is 0 Å². The Balaban J connectivity index is 2.19. The number of hydrogen-bond donors (Lipinski definition) is 1. The first-order chi connectivity index (χ1) is 8.91. The maximum absolute atomic E-state index is 12.4. The summed E-state index contributed by atoms with van der Waals surface area (Å²) in [6.07, 6.45) is 1.18. The summed E-state index contributed by atoms with van der Waals surface area (Å²) in [6, 6.07) is 4.52. The van der Waals surface area contributed by atoms with Crippen molar-refractivity contribution < 1.29 is 19.4 Å². The van der Waals surface area contributed by atoms with E-state index in [1.165, 1.54) is 6.07 Å². The second-order valence-electron chi connectivity index (χ2n) is 5.53. The Morgan fingerprint density at radius 3 is 2.68 bits per heavy atom. The van der Waals surface area contributed by atoms with E-state index in [4.69, 9.17) is 4.74 Å². The molecule has 0 unspecified atom stereocenters. The lowest BCUT2D eigenvalue weighted by Crippen LogP contribution is -2.35. The van der Waals surface area contributed by atoms with E-state index in [1.807, 2.05) is 13.8 Å². The normalized spacial score (nSPS) is 20.7. The summed E-state index contributed by atoms with van der Waals surface area (Å²) < 4.78 is 5.68. The smallest absolute Gasteiger partial charge is 0.228 e. The van der Waals surface area contributed by atoms with Crippen molar-refractivity contribution in [2.45, 2.75) is 32.3 Å². The summed E-state index contributed by atoms with van der Waals surface area (Å²) >= 11 is 0. The monoisotopic (exact) mass is 258 g/mol. The summed E-state index contributed by atoms with van der Waals surface area (Å²) in [4.78, 5) is 24.8. The van der Waals surface area contributed by atoms with E-state index in [9.17, 15) is 14.7 Å². The van der Waals surface area contributed by atoms with Crippen molar-refractivity contribution in [2.75, 3.05) is 0 Å². The van der Waals surface area contributed by atoms with Gasteiger partial charge in [0.05, 0.1) is 5.56 Å². The minimum atomic E-state index is -0.441. The van der Waals surface area contributed by atoms with Crippen molar-refractivity contribution in [3.63, 3.8) is 0 Å². The molecule has 0 radical (unpaired) electrons. The van der Waals surface area contributed by atoms with Gasteiger partial charge in [0, 0.05) is 11.1 Å². The van der Waals surface area contributed by atoms with Gasteiger partial charge in [0.15, 0.2) is 11.5 Å². The van der Waals surface area contributed by atoms with Crippen LogP contribution in [0.3, 0.4) is 0 Å². The molecule has 0 spiro atoms. The molecular weight excluding hydrogens is 244 g/mol. The maximum atomic E-state index is 12.4. The number of aromatic hydroxyl groups is 1. The number of phenolic OH excluding ortho intramolecular Hbond substituents is 1. The van der Waals surface area contributed by atoms with E-state index < -0.39 is 5.60 Å². The molecule has 1 heterocycles. The molecule has 4 nitrogen and oxygen atoms in total. The third-order valence-corrected chi connectivity index (χ3v) is 3.62. The number of allylic oxidation sites excluding steroid dienone is 2. The molecule has 0 aromatic heterocycles. The first-order valence-electron chi connectivity index (χ1n) is 6.24. The summed E-state index contributed by atoms with van der Waals surface area (Å²) in [7, 11) is 0. The highest BCUT2D eigenvalue weighted by molar-refractivity contribution is 6.27. The Hall–Kier alpha value is -2.10. The first kappa shape index (κ1) is 12.0. The van der Waals surface area contributed by atoms with Crippen LogP contribution in [0, 0.1) is 0 Å². The zero-order chi connectivity index (χ0) is 13.8. The van der Waals surface area contributed by atoms with Gasteiger partial charge in [-0.05, 0) is 38.8 Å². The Morgan fingerprint density at radius 1 is 1.21 bits per heavy atom. The molecule has 0 fully saturated rings. The van der Waals surface area contributed by atoms with Crippen LogP contribution >= 0.6 is 0 Å². The van der Waals surface area contributed by atoms with Gasteiger partial charge in [0.2, 0.25) is 5.78 Å². The van der Waals surface area contributed by atoms with Crippen LogP contribution in [0.5, 0.6) is 5.75 Å². The van der Waals surface area contributed by atoms with E-state index in [0.29, 0.717) is 18.4 Å². The van der Waals surface area contributed by atoms with Crippen LogP contribution in [0.1, 0.15) is 47.4 Å². The van der Waals surface area contributed by atoms with E-state index in [0.717, 1.165) is 0 Å². The van der Waals surface area contributed by atoms with E-state index in [2.05, 4.69) is 0 Å². The molecule has 3 rings (SSSR count). The lowest BCUT2D eigenvalue weighted by atomic mass is 9.82. The lowest BCUT2D eigenvalue weighted by molar-refractivity contribution is 0.0102. The van der Waals surface area contributed by atoms with Gasteiger partial charge < -0.3 is 9.84 Å². The Bertz CT molecular complexity index is 638. The molecule has 1 aromatic carbocycles. The van der Waals surface area contributed by atoms with Crippen LogP contribution in [0.4, 0.5) is 0 Å². The quantitative estimate of drug-likeness (QED) is 0.777. The highest BCUT2D eigenvalue weighted by Crippen LogP contribution is 2.40. The molecule has 0 saturated carbocycles. The van der Waals surface area contributed by atoms with Crippen LogP contribution in [-0.2, 0) is 4.74 Å². The van der Waals surface area contributed by atoms with Gasteiger partial charge in [-0.15, -0.1) is 0 Å². The Kier molecular flexibility index (Phi) is 2.33. The fraction of sp³-hybridized carbons (Fsp3) is 0.333. The van der Waals surface area contributed by atoms with Crippen molar-refractivity contribution in [1.82, 2.24) is 0 Å². The highest BCUT2D eigenvalue weighted by atomic mass is 16.5. The number of rotatable bonds is 0. The number of Topliss-reactive ketones (excluding diaryl/α,β-unsaturated/α-hetero) is 2. The standard InChI is InChI=1S/C15H14O4/c1-15(2)7-6-9-12(17)11-8(4-3-5-10(11)16)13(18)14(9)19-15/h3-5,16H,6-7H2,1-2H3.